The second-order valence-electron chi connectivity index (χ2n) is 6.68. The number of rotatable bonds is 8. The van der Waals surface area contributed by atoms with E-state index in [1.807, 2.05) is 4.72 Å². The summed E-state index contributed by atoms with van der Waals surface area (Å²) in [6, 6.07) is 13.6. The molecular formula is C21H19N5O5S2. The van der Waals surface area contributed by atoms with E-state index in [4.69, 9.17) is 9.47 Å². The van der Waals surface area contributed by atoms with Crippen LogP contribution in [0.2, 0.25) is 0 Å². The van der Waals surface area contributed by atoms with E-state index in [-0.39, 0.29) is 17.2 Å². The number of benzene rings is 2. The summed E-state index contributed by atoms with van der Waals surface area (Å²) in [5, 5.41) is 6.27. The predicted octanol–water partition coefficient (Wildman–Crippen LogP) is 3.54. The molecule has 0 aliphatic carbocycles. The van der Waals surface area contributed by atoms with E-state index >= 15 is 0 Å². The Kier molecular flexibility index (Phi) is 6.29. The number of aromatic nitrogens is 2. The summed E-state index contributed by atoms with van der Waals surface area (Å²) in [4.78, 5) is 21.1. The first-order chi connectivity index (χ1) is 15.9. The molecular weight excluding hydrogens is 466 g/mol. The molecule has 12 heteroatoms. The smallest absolute Gasteiger partial charge is 0.325 e. The largest absolute Gasteiger partial charge is 0.497 e. The van der Waals surface area contributed by atoms with Crippen molar-refractivity contribution in [3.05, 3.63) is 64.9 Å². The van der Waals surface area contributed by atoms with Crippen molar-refractivity contribution in [2.24, 2.45) is 0 Å². The minimum atomic E-state index is -4.31. The summed E-state index contributed by atoms with van der Waals surface area (Å²) < 4.78 is 40.2. The van der Waals surface area contributed by atoms with Crippen LogP contribution in [-0.2, 0) is 10.2 Å². The van der Waals surface area contributed by atoms with Gasteiger partial charge >= 0.3 is 10.2 Å². The molecule has 4 aromatic rings. The quantitative estimate of drug-likeness (QED) is 0.345. The van der Waals surface area contributed by atoms with Crippen LogP contribution in [-0.4, -0.2) is 38.5 Å². The van der Waals surface area contributed by atoms with Crippen molar-refractivity contribution in [1.82, 2.24) is 14.7 Å². The molecule has 0 saturated carbocycles. The lowest BCUT2D eigenvalue weighted by atomic mass is 10.2. The third-order valence-corrected chi connectivity index (χ3v) is 6.03. The molecule has 3 N–H and O–H groups in total. The number of carbonyl (C=O) groups is 1. The van der Waals surface area contributed by atoms with Crippen LogP contribution >= 0.6 is 11.3 Å². The Morgan fingerprint density at radius 3 is 2.15 bits per heavy atom. The molecule has 10 nitrogen and oxygen atoms in total. The highest BCUT2D eigenvalue weighted by Crippen LogP contribution is 2.30. The number of anilines is 3. The number of nitrogens with zero attached hydrogens (tertiary/aromatic N) is 2. The van der Waals surface area contributed by atoms with Gasteiger partial charge < -0.3 is 14.8 Å². The molecule has 0 atom stereocenters. The summed E-state index contributed by atoms with van der Waals surface area (Å²) in [6.07, 6.45) is 0. The number of nitrogens with one attached hydrogen (secondary N) is 3. The zero-order valence-electron chi connectivity index (χ0n) is 17.5. The molecule has 0 bridgehead atoms. The van der Waals surface area contributed by atoms with Gasteiger partial charge in [-0.3, -0.25) is 4.79 Å². The SMILES string of the molecule is COc1cc(Nc2nc3ccccc3nc2NS(=O)(=O)NC(=O)c2ccsc2)cc(OC)c1. The molecule has 4 rings (SSSR count). The van der Waals surface area contributed by atoms with Crippen LogP contribution in [0.25, 0.3) is 11.0 Å². The van der Waals surface area contributed by atoms with Crippen molar-refractivity contribution < 1.29 is 22.7 Å². The Bertz CT molecular complexity index is 1390. The van der Waals surface area contributed by atoms with Gasteiger partial charge in [-0.15, -0.1) is 0 Å². The highest BCUT2D eigenvalue weighted by molar-refractivity contribution is 7.91. The fourth-order valence-corrected chi connectivity index (χ4v) is 4.35. The second-order valence-corrected chi connectivity index (χ2v) is 8.88. The lowest BCUT2D eigenvalue weighted by Gasteiger charge is -2.15. The van der Waals surface area contributed by atoms with Gasteiger partial charge in [0.05, 0.1) is 30.8 Å². The summed E-state index contributed by atoms with van der Waals surface area (Å²) in [7, 11) is -1.27. The molecule has 33 heavy (non-hydrogen) atoms. The number of para-hydroxylation sites is 2. The normalized spacial score (nSPS) is 11.1. The van der Waals surface area contributed by atoms with Gasteiger partial charge in [0.1, 0.15) is 11.5 Å². The van der Waals surface area contributed by atoms with Crippen LogP contribution in [0.4, 0.5) is 17.3 Å². The van der Waals surface area contributed by atoms with Crippen molar-refractivity contribution in [2.45, 2.75) is 0 Å². The molecule has 170 valence electrons. The molecule has 2 aromatic carbocycles. The average Bonchev–Trinajstić information content (AvgIpc) is 3.34. The molecule has 0 radical (unpaired) electrons. The minimum Gasteiger partial charge on any atom is -0.497 e. The Labute approximate surface area is 193 Å². The lowest BCUT2D eigenvalue weighted by molar-refractivity contribution is 0.0982. The second kappa shape index (κ2) is 9.30. The minimum absolute atomic E-state index is 0.0962. The molecule has 0 spiro atoms. The third kappa shape index (κ3) is 5.30. The standard InChI is InChI=1S/C21H19N5O5S2/c1-30-15-9-14(10-16(11-15)31-2)22-19-20(24-18-6-4-3-5-17(18)23-19)25-33(28,29)26-21(27)13-7-8-32-12-13/h3-12H,1-2H3,(H,22,23)(H,24,25)(H,26,27). The van der Waals surface area contributed by atoms with E-state index in [9.17, 15) is 13.2 Å². The topological polar surface area (TPSA) is 132 Å². The molecule has 0 aliphatic heterocycles. The number of fused-ring (bicyclic) bond motifs is 1. The van der Waals surface area contributed by atoms with Gasteiger partial charge in [0, 0.05) is 29.3 Å². The maximum atomic E-state index is 12.7. The molecule has 0 aliphatic rings. The van der Waals surface area contributed by atoms with Crippen LogP contribution in [0.1, 0.15) is 10.4 Å². The summed E-state index contributed by atoms with van der Waals surface area (Å²) >= 11 is 1.28. The predicted molar refractivity (Wildman–Crippen MR) is 127 cm³/mol. The van der Waals surface area contributed by atoms with Gasteiger partial charge in [-0.25, -0.2) is 19.4 Å². The maximum absolute atomic E-state index is 12.7. The van der Waals surface area contributed by atoms with Crippen molar-refractivity contribution in [2.75, 3.05) is 24.3 Å². The first-order valence-corrected chi connectivity index (χ1v) is 11.9. The monoisotopic (exact) mass is 485 g/mol. The van der Waals surface area contributed by atoms with Crippen LogP contribution in [0.5, 0.6) is 11.5 Å². The number of amides is 1. The van der Waals surface area contributed by atoms with Gasteiger partial charge in [0.15, 0.2) is 11.6 Å². The molecule has 2 heterocycles. The van der Waals surface area contributed by atoms with Gasteiger partial charge in [-0.1, -0.05) is 12.1 Å². The molecule has 0 fully saturated rings. The fraction of sp³-hybridized carbons (Fsp3) is 0.0952. The van der Waals surface area contributed by atoms with Crippen molar-refractivity contribution in [1.29, 1.82) is 0 Å². The molecule has 0 unspecified atom stereocenters. The van der Waals surface area contributed by atoms with Crippen LogP contribution < -0.4 is 24.2 Å². The van der Waals surface area contributed by atoms with Crippen LogP contribution in [0.3, 0.4) is 0 Å². The number of hydrogen-bond donors (Lipinski definition) is 3. The summed E-state index contributed by atoms with van der Waals surface area (Å²) in [5.74, 6) is 0.314. The van der Waals surface area contributed by atoms with E-state index in [0.29, 0.717) is 28.2 Å². The summed E-state index contributed by atoms with van der Waals surface area (Å²) in [5.41, 5.74) is 1.77. The number of ether oxygens (including phenoxy) is 2. The fourth-order valence-electron chi connectivity index (χ4n) is 2.90. The maximum Gasteiger partial charge on any atom is 0.325 e. The van der Waals surface area contributed by atoms with Crippen LogP contribution in [0, 0.1) is 0 Å². The first kappa shape index (κ1) is 22.3. The first-order valence-electron chi connectivity index (χ1n) is 9.51. The Morgan fingerprint density at radius 2 is 1.58 bits per heavy atom. The van der Waals surface area contributed by atoms with E-state index < -0.39 is 16.1 Å². The average molecular weight is 486 g/mol. The van der Waals surface area contributed by atoms with E-state index in [1.54, 1.807) is 53.2 Å². The zero-order chi connectivity index (χ0) is 23.4. The molecule has 0 saturated heterocycles. The number of carbonyl (C=O) groups excluding carboxylic acids is 1. The third-order valence-electron chi connectivity index (χ3n) is 4.43. The van der Waals surface area contributed by atoms with E-state index in [0.717, 1.165) is 0 Å². The van der Waals surface area contributed by atoms with Gasteiger partial charge in [0.25, 0.3) is 5.91 Å². The van der Waals surface area contributed by atoms with Crippen molar-refractivity contribution >= 4 is 55.8 Å². The van der Waals surface area contributed by atoms with Crippen LogP contribution in [0.15, 0.2) is 59.3 Å². The van der Waals surface area contributed by atoms with Crippen molar-refractivity contribution in [3.8, 4) is 11.5 Å². The molecule has 1 amide bonds. The summed E-state index contributed by atoms with van der Waals surface area (Å²) in [6.45, 7) is 0. The van der Waals surface area contributed by atoms with Gasteiger partial charge in [0.2, 0.25) is 0 Å². The Hall–Kier alpha value is -3.90. The zero-order valence-corrected chi connectivity index (χ0v) is 19.2. The van der Waals surface area contributed by atoms with Gasteiger partial charge in [-0.05, 0) is 23.6 Å². The lowest BCUT2D eigenvalue weighted by Crippen LogP contribution is -2.35. The van der Waals surface area contributed by atoms with Gasteiger partial charge in [-0.2, -0.15) is 19.8 Å². The van der Waals surface area contributed by atoms with Crippen molar-refractivity contribution in [3.63, 3.8) is 0 Å². The molecule has 2 aromatic heterocycles. The number of hydrogen-bond acceptors (Lipinski definition) is 9. The Morgan fingerprint density at radius 1 is 0.939 bits per heavy atom. The van der Waals surface area contributed by atoms with E-state index in [1.165, 1.54) is 31.6 Å². The highest BCUT2D eigenvalue weighted by Gasteiger charge is 2.20. The Balaban J connectivity index is 1.70. The number of methoxy groups -OCH3 is 2. The number of thiophene rings is 1. The highest BCUT2D eigenvalue weighted by atomic mass is 32.2. The van der Waals surface area contributed by atoms with E-state index in [2.05, 4.69) is 20.0 Å².